The van der Waals surface area contributed by atoms with Crippen molar-refractivity contribution in [3.63, 3.8) is 0 Å². The molecule has 0 aliphatic carbocycles. The minimum Gasteiger partial charge on any atom is -0.473 e. The van der Waals surface area contributed by atoms with Crippen LogP contribution in [0, 0.1) is 0 Å². The number of pyridine rings is 1. The molecule has 0 spiro atoms. The van der Waals surface area contributed by atoms with Crippen LogP contribution in [0.4, 0.5) is 0 Å². The standard InChI is InChI=1S/C8H10N2.C2H2O4/c1-2-7-6-9-5-3-8(7)10-4-1;3-1(4)2(5)6/h1-2,4,9H,3,5-6H2;(H,3,4)(H,5,6). The van der Waals surface area contributed by atoms with Crippen LogP contribution in [-0.2, 0) is 22.6 Å². The van der Waals surface area contributed by atoms with E-state index in [2.05, 4.69) is 16.4 Å². The van der Waals surface area contributed by atoms with E-state index in [0.29, 0.717) is 0 Å². The van der Waals surface area contributed by atoms with Crippen LogP contribution in [0.3, 0.4) is 0 Å². The summed E-state index contributed by atoms with van der Waals surface area (Å²) >= 11 is 0. The smallest absolute Gasteiger partial charge is 0.414 e. The van der Waals surface area contributed by atoms with Gasteiger partial charge in [0.2, 0.25) is 0 Å². The quantitative estimate of drug-likeness (QED) is 0.531. The van der Waals surface area contributed by atoms with E-state index in [0.717, 1.165) is 19.5 Å². The molecule has 2 rings (SSSR count). The number of fused-ring (bicyclic) bond motifs is 1. The Labute approximate surface area is 91.9 Å². The lowest BCUT2D eigenvalue weighted by Gasteiger charge is -2.14. The van der Waals surface area contributed by atoms with E-state index in [-0.39, 0.29) is 0 Å². The highest BCUT2D eigenvalue weighted by atomic mass is 16.4. The molecule has 86 valence electrons. The molecule has 0 unspecified atom stereocenters. The molecule has 1 aliphatic heterocycles. The van der Waals surface area contributed by atoms with Crippen LogP contribution >= 0.6 is 0 Å². The fourth-order valence-corrected chi connectivity index (χ4v) is 1.29. The topological polar surface area (TPSA) is 99.5 Å². The van der Waals surface area contributed by atoms with Crippen LogP contribution in [0.1, 0.15) is 11.3 Å². The third-order valence-corrected chi connectivity index (χ3v) is 2.02. The summed E-state index contributed by atoms with van der Waals surface area (Å²) in [7, 11) is 0. The van der Waals surface area contributed by atoms with E-state index in [4.69, 9.17) is 19.8 Å². The zero-order chi connectivity index (χ0) is 12.0. The van der Waals surface area contributed by atoms with Gasteiger partial charge in [0.05, 0.1) is 0 Å². The van der Waals surface area contributed by atoms with Gasteiger partial charge in [0.25, 0.3) is 0 Å². The number of carboxylic acids is 2. The number of carboxylic acid groups (broad SMARTS) is 2. The van der Waals surface area contributed by atoms with Crippen molar-refractivity contribution in [3.05, 3.63) is 29.6 Å². The highest BCUT2D eigenvalue weighted by Gasteiger charge is 2.06. The van der Waals surface area contributed by atoms with E-state index in [1.54, 1.807) is 0 Å². The first-order valence-corrected chi connectivity index (χ1v) is 4.71. The van der Waals surface area contributed by atoms with E-state index in [1.807, 2.05) is 12.3 Å². The maximum absolute atomic E-state index is 9.10. The molecule has 0 bridgehead atoms. The first-order chi connectivity index (χ1) is 7.61. The van der Waals surface area contributed by atoms with Crippen molar-refractivity contribution in [1.29, 1.82) is 0 Å². The summed E-state index contributed by atoms with van der Waals surface area (Å²) in [4.78, 5) is 22.5. The van der Waals surface area contributed by atoms with Gasteiger partial charge in [-0.25, -0.2) is 9.59 Å². The number of nitrogens with zero attached hydrogens (tertiary/aromatic N) is 1. The van der Waals surface area contributed by atoms with Crippen LogP contribution in [0.15, 0.2) is 18.3 Å². The van der Waals surface area contributed by atoms with E-state index in [1.165, 1.54) is 11.3 Å². The van der Waals surface area contributed by atoms with E-state index < -0.39 is 11.9 Å². The highest BCUT2D eigenvalue weighted by Crippen LogP contribution is 2.08. The second-order valence-electron chi connectivity index (χ2n) is 3.15. The van der Waals surface area contributed by atoms with Crippen LogP contribution in [-0.4, -0.2) is 33.7 Å². The number of hydrogen-bond acceptors (Lipinski definition) is 4. The van der Waals surface area contributed by atoms with Gasteiger partial charge in [0.1, 0.15) is 0 Å². The number of hydrogen-bond donors (Lipinski definition) is 3. The molecule has 6 nitrogen and oxygen atoms in total. The van der Waals surface area contributed by atoms with Gasteiger partial charge in [-0.15, -0.1) is 0 Å². The van der Waals surface area contributed by atoms with E-state index >= 15 is 0 Å². The lowest BCUT2D eigenvalue weighted by molar-refractivity contribution is -0.159. The number of carbonyl (C=O) groups is 2. The Hall–Kier alpha value is -1.95. The number of aromatic nitrogens is 1. The zero-order valence-electron chi connectivity index (χ0n) is 8.51. The Bertz CT molecular complexity index is 355. The van der Waals surface area contributed by atoms with Crippen molar-refractivity contribution < 1.29 is 19.8 Å². The monoisotopic (exact) mass is 224 g/mol. The van der Waals surface area contributed by atoms with Crippen molar-refractivity contribution in [2.45, 2.75) is 13.0 Å². The molecular weight excluding hydrogens is 212 g/mol. The predicted octanol–water partition coefficient (Wildman–Crippen LogP) is -0.117. The SMILES string of the molecule is O=C(O)C(=O)O.c1cnc2c(c1)CNCC2. The number of rotatable bonds is 0. The maximum atomic E-state index is 9.10. The minimum atomic E-state index is -1.82. The van der Waals surface area contributed by atoms with Gasteiger partial charge in [-0.3, -0.25) is 4.98 Å². The Morgan fingerprint density at radius 2 is 2.00 bits per heavy atom. The summed E-state index contributed by atoms with van der Waals surface area (Å²) in [5.41, 5.74) is 2.62. The minimum absolute atomic E-state index is 0.989. The number of nitrogens with one attached hydrogen (secondary N) is 1. The highest BCUT2D eigenvalue weighted by molar-refractivity contribution is 6.27. The van der Waals surface area contributed by atoms with Gasteiger partial charge in [-0.2, -0.15) is 0 Å². The summed E-state index contributed by atoms with van der Waals surface area (Å²) in [5, 5.41) is 18.1. The Kier molecular flexibility index (Phi) is 4.41. The van der Waals surface area contributed by atoms with Gasteiger partial charge < -0.3 is 15.5 Å². The lowest BCUT2D eigenvalue weighted by Crippen LogP contribution is -2.24. The average Bonchev–Trinajstić information content (AvgIpc) is 2.30. The maximum Gasteiger partial charge on any atom is 0.414 e. The van der Waals surface area contributed by atoms with Crippen LogP contribution in [0.25, 0.3) is 0 Å². The molecule has 1 aliphatic rings. The average molecular weight is 224 g/mol. The summed E-state index contributed by atoms with van der Waals surface area (Å²) in [6, 6.07) is 4.13. The van der Waals surface area contributed by atoms with Crippen LogP contribution < -0.4 is 5.32 Å². The van der Waals surface area contributed by atoms with E-state index in [9.17, 15) is 0 Å². The molecule has 1 aromatic heterocycles. The fourth-order valence-electron chi connectivity index (χ4n) is 1.29. The van der Waals surface area contributed by atoms with Crippen molar-refractivity contribution in [3.8, 4) is 0 Å². The summed E-state index contributed by atoms with van der Waals surface area (Å²) in [6.45, 7) is 2.06. The fraction of sp³-hybridized carbons (Fsp3) is 0.300. The molecular formula is C10H12N2O4. The largest absolute Gasteiger partial charge is 0.473 e. The second kappa shape index (κ2) is 5.82. The third kappa shape index (κ3) is 3.66. The summed E-state index contributed by atoms with van der Waals surface area (Å²) < 4.78 is 0. The number of aliphatic carboxylic acids is 2. The molecule has 3 N–H and O–H groups in total. The normalized spacial score (nSPS) is 13.0. The van der Waals surface area contributed by atoms with Crippen LogP contribution in [0.5, 0.6) is 0 Å². The third-order valence-electron chi connectivity index (χ3n) is 2.02. The summed E-state index contributed by atoms with van der Waals surface area (Å²) in [6.07, 6.45) is 2.94. The molecule has 0 saturated carbocycles. The molecule has 0 saturated heterocycles. The first kappa shape index (κ1) is 12.1. The van der Waals surface area contributed by atoms with Crippen LogP contribution in [0.2, 0.25) is 0 Å². The molecule has 0 amide bonds. The predicted molar refractivity (Wildman–Crippen MR) is 54.9 cm³/mol. The molecule has 0 radical (unpaired) electrons. The van der Waals surface area contributed by atoms with Gasteiger partial charge >= 0.3 is 11.9 Å². The van der Waals surface area contributed by atoms with Crippen molar-refractivity contribution in [1.82, 2.24) is 10.3 Å². The second-order valence-corrected chi connectivity index (χ2v) is 3.15. The molecule has 1 aromatic rings. The van der Waals surface area contributed by atoms with Crippen molar-refractivity contribution >= 4 is 11.9 Å². The Morgan fingerprint density at radius 3 is 2.56 bits per heavy atom. The summed E-state index contributed by atoms with van der Waals surface area (Å²) in [5.74, 6) is -3.65. The van der Waals surface area contributed by atoms with Gasteiger partial charge in [-0.05, 0) is 11.6 Å². The molecule has 16 heavy (non-hydrogen) atoms. The first-order valence-electron chi connectivity index (χ1n) is 4.71. The van der Waals surface area contributed by atoms with Gasteiger partial charge in [0.15, 0.2) is 0 Å². The molecule has 0 aromatic carbocycles. The molecule has 0 atom stereocenters. The zero-order valence-corrected chi connectivity index (χ0v) is 8.51. The molecule has 0 fully saturated rings. The molecule has 6 heteroatoms. The Morgan fingerprint density at radius 1 is 1.31 bits per heavy atom. The molecule has 2 heterocycles. The Balaban J connectivity index is 0.000000187. The van der Waals surface area contributed by atoms with Crippen molar-refractivity contribution in [2.24, 2.45) is 0 Å². The van der Waals surface area contributed by atoms with Gasteiger partial charge in [-0.1, -0.05) is 6.07 Å². The van der Waals surface area contributed by atoms with Gasteiger partial charge in [0, 0.05) is 31.4 Å². The lowest BCUT2D eigenvalue weighted by atomic mass is 10.1. The van der Waals surface area contributed by atoms with Crippen molar-refractivity contribution in [2.75, 3.05) is 6.54 Å².